The van der Waals surface area contributed by atoms with Crippen molar-refractivity contribution in [3.63, 3.8) is 0 Å². The van der Waals surface area contributed by atoms with Gasteiger partial charge in [-0.05, 0) is 29.3 Å². The summed E-state index contributed by atoms with van der Waals surface area (Å²) in [6.07, 6.45) is -1.38. The molecule has 2 rings (SSSR count). The van der Waals surface area contributed by atoms with Gasteiger partial charge in [-0.25, -0.2) is 0 Å². The maximum atomic E-state index is 12.7. The molecule has 0 N–H and O–H groups in total. The first-order chi connectivity index (χ1) is 7.59. The topological polar surface area (TPSA) is 12.9 Å². The molecule has 0 atom stereocenters. The molecule has 0 spiro atoms. The lowest BCUT2D eigenvalue weighted by molar-refractivity contribution is -0.137. The van der Waals surface area contributed by atoms with E-state index in [0.717, 1.165) is 6.07 Å². The van der Waals surface area contributed by atoms with Gasteiger partial charge in [-0.3, -0.25) is 4.98 Å². The second-order valence-corrected chi connectivity index (χ2v) is 3.28. The van der Waals surface area contributed by atoms with Crippen LogP contribution < -0.4 is 0 Å². The molecule has 0 saturated carbocycles. The van der Waals surface area contributed by atoms with Gasteiger partial charge in [0, 0.05) is 12.4 Å². The molecule has 1 heterocycles. The second kappa shape index (κ2) is 3.96. The van der Waals surface area contributed by atoms with Crippen LogP contribution >= 0.6 is 0 Å². The van der Waals surface area contributed by atoms with Gasteiger partial charge in [-0.1, -0.05) is 18.2 Å². The van der Waals surface area contributed by atoms with E-state index in [1.54, 1.807) is 18.2 Å². The Morgan fingerprint density at radius 2 is 1.50 bits per heavy atom. The number of hydrogen-bond acceptors (Lipinski definition) is 1. The van der Waals surface area contributed by atoms with E-state index in [1.165, 1.54) is 24.5 Å². The quantitative estimate of drug-likeness (QED) is 0.717. The number of alkyl halides is 3. The first-order valence-electron chi connectivity index (χ1n) is 4.65. The molecule has 0 aliphatic carbocycles. The number of nitrogens with zero attached hydrogens (tertiary/aromatic N) is 1. The monoisotopic (exact) mass is 223 g/mol. The molecule has 0 bridgehead atoms. The van der Waals surface area contributed by atoms with Gasteiger partial charge in [-0.2, -0.15) is 13.2 Å². The smallest absolute Gasteiger partial charge is 0.265 e. The fourth-order valence-electron chi connectivity index (χ4n) is 1.51. The summed E-state index contributed by atoms with van der Waals surface area (Å²) in [7, 11) is 0. The van der Waals surface area contributed by atoms with Crippen molar-refractivity contribution in [3.05, 3.63) is 54.4 Å². The van der Waals surface area contributed by atoms with E-state index < -0.39 is 11.7 Å². The van der Waals surface area contributed by atoms with Crippen molar-refractivity contribution in [3.8, 4) is 11.1 Å². The average molecular weight is 223 g/mol. The molecule has 2 aromatic rings. The molecule has 0 aliphatic heterocycles. The number of aromatic nitrogens is 1. The van der Waals surface area contributed by atoms with Crippen LogP contribution in [0.25, 0.3) is 11.1 Å². The predicted octanol–water partition coefficient (Wildman–Crippen LogP) is 3.77. The zero-order chi connectivity index (χ0) is 11.6. The SMILES string of the molecule is FC(F)(F)c1ccccc1-c1ccncc1. The molecule has 0 radical (unpaired) electrons. The van der Waals surface area contributed by atoms with Crippen LogP contribution in [0.1, 0.15) is 5.56 Å². The summed E-state index contributed by atoms with van der Waals surface area (Å²) in [5, 5.41) is 0. The molecular formula is C12H8F3N. The summed E-state index contributed by atoms with van der Waals surface area (Å²) in [5.41, 5.74) is 0.0709. The van der Waals surface area contributed by atoms with Gasteiger partial charge >= 0.3 is 6.18 Å². The largest absolute Gasteiger partial charge is 0.417 e. The summed E-state index contributed by atoms with van der Waals surface area (Å²) >= 11 is 0. The van der Waals surface area contributed by atoms with Gasteiger partial charge in [0.2, 0.25) is 0 Å². The van der Waals surface area contributed by atoms with Crippen LogP contribution in [-0.2, 0) is 6.18 Å². The first kappa shape index (κ1) is 10.7. The van der Waals surface area contributed by atoms with Crippen molar-refractivity contribution in [2.24, 2.45) is 0 Å². The summed E-state index contributed by atoms with van der Waals surface area (Å²) in [5.74, 6) is 0. The van der Waals surface area contributed by atoms with E-state index in [-0.39, 0.29) is 5.56 Å². The summed E-state index contributed by atoms with van der Waals surface area (Å²) in [6.45, 7) is 0. The van der Waals surface area contributed by atoms with Crippen LogP contribution in [0.4, 0.5) is 13.2 Å². The van der Waals surface area contributed by atoms with Crippen molar-refractivity contribution in [2.45, 2.75) is 6.18 Å². The van der Waals surface area contributed by atoms with Crippen LogP contribution in [0, 0.1) is 0 Å². The molecular weight excluding hydrogens is 215 g/mol. The van der Waals surface area contributed by atoms with E-state index in [0.29, 0.717) is 5.56 Å². The third kappa shape index (κ3) is 2.05. The molecule has 0 aliphatic rings. The highest BCUT2D eigenvalue weighted by atomic mass is 19.4. The third-order valence-electron chi connectivity index (χ3n) is 2.22. The fourth-order valence-corrected chi connectivity index (χ4v) is 1.51. The number of halogens is 3. The minimum absolute atomic E-state index is 0.178. The van der Waals surface area contributed by atoms with Gasteiger partial charge in [0.1, 0.15) is 0 Å². The van der Waals surface area contributed by atoms with E-state index in [4.69, 9.17) is 0 Å². The van der Waals surface area contributed by atoms with Crippen LogP contribution in [-0.4, -0.2) is 4.98 Å². The average Bonchev–Trinajstić information content (AvgIpc) is 2.29. The highest BCUT2D eigenvalue weighted by molar-refractivity contribution is 5.67. The Morgan fingerprint density at radius 3 is 2.12 bits per heavy atom. The van der Waals surface area contributed by atoms with Crippen molar-refractivity contribution in [1.82, 2.24) is 4.98 Å². The summed E-state index contributed by atoms with van der Waals surface area (Å²) in [6, 6.07) is 8.63. The zero-order valence-electron chi connectivity index (χ0n) is 8.20. The second-order valence-electron chi connectivity index (χ2n) is 3.28. The number of pyridine rings is 1. The lowest BCUT2D eigenvalue weighted by atomic mass is 10.0. The minimum atomic E-state index is -4.33. The molecule has 16 heavy (non-hydrogen) atoms. The van der Waals surface area contributed by atoms with Crippen molar-refractivity contribution >= 4 is 0 Å². The van der Waals surface area contributed by atoms with E-state index in [1.807, 2.05) is 0 Å². The van der Waals surface area contributed by atoms with E-state index in [2.05, 4.69) is 4.98 Å². The minimum Gasteiger partial charge on any atom is -0.265 e. The maximum absolute atomic E-state index is 12.7. The van der Waals surface area contributed by atoms with Crippen molar-refractivity contribution < 1.29 is 13.2 Å². The lowest BCUT2D eigenvalue weighted by Crippen LogP contribution is -2.06. The summed E-state index contributed by atoms with van der Waals surface area (Å²) < 4.78 is 38.2. The Labute approximate surface area is 90.6 Å². The van der Waals surface area contributed by atoms with Gasteiger partial charge in [0.15, 0.2) is 0 Å². The molecule has 0 unspecified atom stereocenters. The molecule has 0 amide bonds. The standard InChI is InChI=1S/C12H8F3N/c13-12(14,15)11-4-2-1-3-10(11)9-5-7-16-8-6-9/h1-8H. The Hall–Kier alpha value is -1.84. The number of hydrogen-bond donors (Lipinski definition) is 0. The Bertz CT molecular complexity index is 477. The predicted molar refractivity (Wildman–Crippen MR) is 54.7 cm³/mol. The van der Waals surface area contributed by atoms with Gasteiger partial charge in [0.25, 0.3) is 0 Å². The molecule has 1 aromatic heterocycles. The van der Waals surface area contributed by atoms with Crippen molar-refractivity contribution in [1.29, 1.82) is 0 Å². The molecule has 82 valence electrons. The molecule has 1 nitrogen and oxygen atoms in total. The highest BCUT2D eigenvalue weighted by Crippen LogP contribution is 2.36. The molecule has 4 heteroatoms. The van der Waals surface area contributed by atoms with Gasteiger partial charge < -0.3 is 0 Å². The first-order valence-corrected chi connectivity index (χ1v) is 4.65. The lowest BCUT2D eigenvalue weighted by Gasteiger charge is -2.12. The maximum Gasteiger partial charge on any atom is 0.417 e. The Kier molecular flexibility index (Phi) is 2.64. The van der Waals surface area contributed by atoms with Gasteiger partial charge in [0.05, 0.1) is 5.56 Å². The third-order valence-corrected chi connectivity index (χ3v) is 2.22. The van der Waals surface area contributed by atoms with Gasteiger partial charge in [-0.15, -0.1) is 0 Å². The highest BCUT2D eigenvalue weighted by Gasteiger charge is 2.33. The van der Waals surface area contributed by atoms with Crippen molar-refractivity contribution in [2.75, 3.05) is 0 Å². The van der Waals surface area contributed by atoms with Crippen LogP contribution in [0.3, 0.4) is 0 Å². The molecule has 1 aromatic carbocycles. The van der Waals surface area contributed by atoms with Crippen LogP contribution in [0.15, 0.2) is 48.8 Å². The Balaban J connectivity index is 2.58. The normalized spacial score (nSPS) is 11.4. The van der Waals surface area contributed by atoms with E-state index in [9.17, 15) is 13.2 Å². The fraction of sp³-hybridized carbons (Fsp3) is 0.0833. The number of rotatable bonds is 1. The van der Waals surface area contributed by atoms with Crippen LogP contribution in [0.2, 0.25) is 0 Å². The van der Waals surface area contributed by atoms with E-state index >= 15 is 0 Å². The zero-order valence-corrected chi connectivity index (χ0v) is 8.20. The number of benzene rings is 1. The molecule has 0 fully saturated rings. The molecule has 0 saturated heterocycles. The summed E-state index contributed by atoms with van der Waals surface area (Å²) in [4.78, 5) is 3.78. The Morgan fingerprint density at radius 1 is 0.875 bits per heavy atom. The van der Waals surface area contributed by atoms with Crippen LogP contribution in [0.5, 0.6) is 0 Å².